The predicted molar refractivity (Wildman–Crippen MR) is 96.2 cm³/mol. The third-order valence-electron chi connectivity index (χ3n) is 3.51. The van der Waals surface area contributed by atoms with Crippen molar-refractivity contribution in [3.8, 4) is 6.07 Å². The highest BCUT2D eigenvalue weighted by molar-refractivity contribution is 7.09. The molecular formula is C16H10Cl2N4O2S. The van der Waals surface area contributed by atoms with E-state index in [9.17, 15) is 14.9 Å². The largest absolute Gasteiger partial charge is 0.296 e. The van der Waals surface area contributed by atoms with Crippen LogP contribution < -0.4 is 5.56 Å². The number of carbonyl (C=O) groups is 1. The first kappa shape index (κ1) is 17.5. The van der Waals surface area contributed by atoms with Gasteiger partial charge in [-0.3, -0.25) is 14.2 Å². The Morgan fingerprint density at radius 1 is 1.44 bits per heavy atom. The Labute approximate surface area is 156 Å². The monoisotopic (exact) mass is 392 g/mol. The molecule has 1 atom stereocenters. The molecule has 0 saturated carbocycles. The zero-order valence-electron chi connectivity index (χ0n) is 12.9. The van der Waals surface area contributed by atoms with Crippen LogP contribution in [0.15, 0.2) is 28.6 Å². The fraction of sp³-hybridized carbons (Fsp3) is 0.188. The minimum absolute atomic E-state index is 0.214. The van der Waals surface area contributed by atoms with E-state index in [1.54, 1.807) is 12.3 Å². The predicted octanol–water partition coefficient (Wildman–Crippen LogP) is 3.34. The van der Waals surface area contributed by atoms with Crippen LogP contribution in [-0.4, -0.2) is 20.3 Å². The number of ketones is 1. The van der Waals surface area contributed by atoms with E-state index < -0.39 is 17.3 Å². The highest BCUT2D eigenvalue weighted by atomic mass is 35.5. The van der Waals surface area contributed by atoms with Crippen LogP contribution in [0, 0.1) is 18.3 Å². The molecule has 9 heteroatoms. The smallest absolute Gasteiger partial charge is 0.261 e. The third-order valence-corrected chi connectivity index (χ3v) is 5.04. The summed E-state index contributed by atoms with van der Waals surface area (Å²) < 4.78 is 1.14. The molecule has 0 amide bonds. The second-order valence-corrected chi connectivity index (χ2v) is 7.05. The Kier molecular flexibility index (Phi) is 4.86. The van der Waals surface area contributed by atoms with Gasteiger partial charge < -0.3 is 0 Å². The van der Waals surface area contributed by atoms with Crippen LogP contribution in [0.25, 0.3) is 10.9 Å². The second kappa shape index (κ2) is 6.92. The number of aryl methyl sites for hydroxylation is 1. The molecule has 0 aliphatic heterocycles. The zero-order valence-corrected chi connectivity index (χ0v) is 15.2. The van der Waals surface area contributed by atoms with Crippen LogP contribution >= 0.6 is 34.5 Å². The molecule has 1 aromatic carbocycles. The van der Waals surface area contributed by atoms with E-state index in [1.807, 2.05) is 6.07 Å². The van der Waals surface area contributed by atoms with Crippen LogP contribution in [0.4, 0.5) is 0 Å². The summed E-state index contributed by atoms with van der Waals surface area (Å²) in [6.45, 7) is 1.49. The van der Waals surface area contributed by atoms with Crippen molar-refractivity contribution in [2.45, 2.75) is 19.4 Å². The molecule has 0 spiro atoms. The van der Waals surface area contributed by atoms with E-state index in [0.29, 0.717) is 15.5 Å². The number of benzene rings is 1. The molecule has 0 N–H and O–H groups in total. The molecule has 0 radical (unpaired) electrons. The van der Waals surface area contributed by atoms with Crippen LogP contribution in [0.2, 0.25) is 10.0 Å². The Morgan fingerprint density at radius 3 is 2.84 bits per heavy atom. The number of thiazole rings is 1. The highest BCUT2D eigenvalue weighted by Crippen LogP contribution is 2.24. The molecule has 2 heterocycles. The maximum atomic E-state index is 12.6. The summed E-state index contributed by atoms with van der Waals surface area (Å²) >= 11 is 13.2. The number of Topliss-reactive ketones (excluding diaryl/α,β-unsaturated/α-hetero) is 1. The minimum atomic E-state index is -1.02. The molecule has 2 aromatic heterocycles. The lowest BCUT2D eigenvalue weighted by molar-refractivity contribution is -0.120. The van der Waals surface area contributed by atoms with Gasteiger partial charge in [-0.2, -0.15) is 5.26 Å². The van der Waals surface area contributed by atoms with Crippen LogP contribution in [-0.2, 0) is 11.3 Å². The van der Waals surface area contributed by atoms with Crippen LogP contribution in [0.1, 0.15) is 16.6 Å². The topological polar surface area (TPSA) is 88.6 Å². The number of hydrogen-bond donors (Lipinski definition) is 0. The van der Waals surface area contributed by atoms with Gasteiger partial charge in [-0.1, -0.05) is 23.2 Å². The van der Waals surface area contributed by atoms with E-state index >= 15 is 0 Å². The van der Waals surface area contributed by atoms with Gasteiger partial charge in [0.2, 0.25) is 0 Å². The molecule has 3 aromatic rings. The summed E-state index contributed by atoms with van der Waals surface area (Å²) in [5.74, 6) is -1.46. The number of halogens is 2. The minimum Gasteiger partial charge on any atom is -0.296 e. The number of hydrogen-bond acceptors (Lipinski definition) is 6. The number of rotatable bonds is 4. The maximum Gasteiger partial charge on any atom is 0.261 e. The van der Waals surface area contributed by atoms with Gasteiger partial charge in [0.25, 0.3) is 5.56 Å². The summed E-state index contributed by atoms with van der Waals surface area (Å²) in [5, 5.41) is 12.3. The van der Waals surface area contributed by atoms with Crippen molar-refractivity contribution in [1.29, 1.82) is 5.26 Å². The first-order valence-corrected chi connectivity index (χ1v) is 8.73. The van der Waals surface area contributed by atoms with Crippen molar-refractivity contribution < 1.29 is 4.79 Å². The van der Waals surface area contributed by atoms with Crippen molar-refractivity contribution >= 4 is 51.2 Å². The van der Waals surface area contributed by atoms with E-state index in [2.05, 4.69) is 9.97 Å². The van der Waals surface area contributed by atoms with Gasteiger partial charge in [0.1, 0.15) is 5.01 Å². The SMILES string of the molecule is Cc1csc(C(C#N)C(=O)Cn2cnc3c(Cl)cc(Cl)cc3c2=O)n1. The first-order valence-electron chi connectivity index (χ1n) is 7.09. The molecule has 126 valence electrons. The number of aromatic nitrogens is 3. The zero-order chi connectivity index (χ0) is 18.1. The average molecular weight is 393 g/mol. The second-order valence-electron chi connectivity index (χ2n) is 5.32. The van der Waals surface area contributed by atoms with Gasteiger partial charge in [-0.05, 0) is 19.1 Å². The van der Waals surface area contributed by atoms with Crippen molar-refractivity contribution in [3.63, 3.8) is 0 Å². The molecule has 1 unspecified atom stereocenters. The average Bonchev–Trinajstić information content (AvgIpc) is 2.97. The van der Waals surface area contributed by atoms with Gasteiger partial charge in [-0.25, -0.2) is 9.97 Å². The van der Waals surface area contributed by atoms with Gasteiger partial charge in [-0.15, -0.1) is 11.3 Å². The van der Waals surface area contributed by atoms with Crippen molar-refractivity contribution in [2.75, 3.05) is 0 Å². The Balaban J connectivity index is 1.97. The lowest BCUT2D eigenvalue weighted by Gasteiger charge is -2.09. The molecule has 0 fully saturated rings. The normalized spacial score (nSPS) is 12.1. The summed E-state index contributed by atoms with van der Waals surface area (Å²) in [7, 11) is 0. The Bertz CT molecular complexity index is 1080. The highest BCUT2D eigenvalue weighted by Gasteiger charge is 2.24. The molecule has 6 nitrogen and oxygen atoms in total. The number of carbonyl (C=O) groups excluding carboxylic acids is 1. The molecule has 0 aliphatic rings. The lowest BCUT2D eigenvalue weighted by Crippen LogP contribution is -2.27. The Hall–Kier alpha value is -2.27. The standard InChI is InChI=1S/C16H10Cl2N4O2S/c1-8-6-25-15(21-8)11(4-19)13(23)5-22-7-20-14-10(16(22)24)2-9(17)3-12(14)18/h2-3,6-7,11H,5H2,1H3. The van der Waals surface area contributed by atoms with Crippen molar-refractivity contribution in [1.82, 2.24) is 14.5 Å². The van der Waals surface area contributed by atoms with Gasteiger partial charge >= 0.3 is 0 Å². The fourth-order valence-electron chi connectivity index (χ4n) is 2.34. The molecule has 3 rings (SSSR count). The first-order chi connectivity index (χ1) is 11.9. The number of fused-ring (bicyclic) bond motifs is 1. The van der Waals surface area contributed by atoms with Crippen molar-refractivity contribution in [2.24, 2.45) is 0 Å². The summed E-state index contributed by atoms with van der Waals surface area (Å²) in [4.78, 5) is 33.4. The summed E-state index contributed by atoms with van der Waals surface area (Å²) in [6.07, 6.45) is 1.24. The lowest BCUT2D eigenvalue weighted by atomic mass is 10.1. The summed E-state index contributed by atoms with van der Waals surface area (Å²) in [6, 6.07) is 4.89. The van der Waals surface area contributed by atoms with Crippen molar-refractivity contribution in [3.05, 3.63) is 54.9 Å². The van der Waals surface area contributed by atoms with Gasteiger partial charge in [0.05, 0.1) is 34.9 Å². The van der Waals surface area contributed by atoms with E-state index in [0.717, 1.165) is 10.3 Å². The fourth-order valence-corrected chi connectivity index (χ4v) is 3.74. The van der Waals surface area contributed by atoms with Crippen LogP contribution in [0.5, 0.6) is 0 Å². The number of nitrogens with zero attached hydrogens (tertiary/aromatic N) is 4. The summed E-state index contributed by atoms with van der Waals surface area (Å²) in [5.41, 5.74) is 0.601. The molecule has 0 aliphatic carbocycles. The van der Waals surface area contributed by atoms with E-state index in [4.69, 9.17) is 23.2 Å². The Morgan fingerprint density at radius 2 is 2.20 bits per heavy atom. The molecule has 0 bridgehead atoms. The van der Waals surface area contributed by atoms with Crippen LogP contribution in [0.3, 0.4) is 0 Å². The van der Waals surface area contributed by atoms with Gasteiger partial charge in [0, 0.05) is 16.1 Å². The van der Waals surface area contributed by atoms with E-state index in [1.165, 1.54) is 29.8 Å². The molecular weight excluding hydrogens is 383 g/mol. The van der Waals surface area contributed by atoms with Gasteiger partial charge in [0.15, 0.2) is 11.7 Å². The molecule has 0 saturated heterocycles. The third kappa shape index (κ3) is 3.42. The maximum absolute atomic E-state index is 12.6. The quantitative estimate of drug-likeness (QED) is 0.678. The number of nitriles is 1. The van der Waals surface area contributed by atoms with E-state index in [-0.39, 0.29) is 17.0 Å². The molecule has 25 heavy (non-hydrogen) atoms.